The first-order chi connectivity index (χ1) is 5.88. The third kappa shape index (κ3) is 1.95. The van der Waals surface area contributed by atoms with Crippen LogP contribution in [0, 0.1) is 5.92 Å². The summed E-state index contributed by atoms with van der Waals surface area (Å²) in [4.78, 5) is 0. The number of piperidine rings is 1. The predicted octanol–water partition coefficient (Wildman–Crippen LogP) is 3.38. The molecule has 70 valence electrons. The van der Waals surface area contributed by atoms with Gasteiger partial charge in [0.15, 0.2) is 0 Å². The van der Waals surface area contributed by atoms with Gasteiger partial charge in [-0.1, -0.05) is 19.3 Å². The Morgan fingerprint density at radius 3 is 2.25 bits per heavy atom. The first kappa shape index (κ1) is 9.25. The van der Waals surface area contributed by atoms with E-state index in [1.165, 1.54) is 51.5 Å². The van der Waals surface area contributed by atoms with Crippen LogP contribution in [0.15, 0.2) is 0 Å². The molecule has 2 aliphatic rings. The van der Waals surface area contributed by atoms with Crippen LogP contribution in [0.3, 0.4) is 0 Å². The fraction of sp³-hybridized carbons (Fsp3) is 1.00. The quantitative estimate of drug-likeness (QED) is 0.525. The highest BCUT2D eigenvalue weighted by atomic mass is 127. The first-order valence-corrected chi connectivity index (χ1v) is 6.27. The van der Waals surface area contributed by atoms with E-state index in [1.54, 1.807) is 0 Å². The smallest absolute Gasteiger partial charge is 0.0222 e. The second-order valence-electron chi connectivity index (χ2n) is 4.23. The summed E-state index contributed by atoms with van der Waals surface area (Å²) in [6.07, 6.45) is 10.4. The highest BCUT2D eigenvalue weighted by Gasteiger charge is 2.30. The summed E-state index contributed by atoms with van der Waals surface area (Å²) in [6, 6.07) is 0.932. The number of halogens is 1. The molecule has 1 saturated heterocycles. The van der Waals surface area contributed by atoms with E-state index in [9.17, 15) is 0 Å². The SMILES string of the molecule is IN1CCCCC1C1CCCC1. The molecule has 2 fully saturated rings. The van der Waals surface area contributed by atoms with E-state index in [2.05, 4.69) is 26.0 Å². The van der Waals surface area contributed by atoms with Crippen LogP contribution in [0.5, 0.6) is 0 Å². The molecule has 1 saturated carbocycles. The molecular formula is C10H18IN. The van der Waals surface area contributed by atoms with Crippen LogP contribution >= 0.6 is 22.9 Å². The third-order valence-corrected chi connectivity index (χ3v) is 4.62. The molecule has 0 aromatic rings. The molecular weight excluding hydrogens is 261 g/mol. The van der Waals surface area contributed by atoms with Crippen molar-refractivity contribution in [1.82, 2.24) is 3.11 Å². The van der Waals surface area contributed by atoms with Crippen molar-refractivity contribution in [3.05, 3.63) is 0 Å². The standard InChI is InChI=1S/C10H18IN/c11-12-8-4-3-7-10(12)9-5-1-2-6-9/h9-10H,1-8H2. The monoisotopic (exact) mass is 279 g/mol. The Morgan fingerprint density at radius 2 is 1.58 bits per heavy atom. The summed E-state index contributed by atoms with van der Waals surface area (Å²) in [5.41, 5.74) is 0. The van der Waals surface area contributed by atoms with E-state index in [-0.39, 0.29) is 0 Å². The van der Waals surface area contributed by atoms with Gasteiger partial charge in [-0.15, -0.1) is 0 Å². The Bertz CT molecular complexity index is 143. The lowest BCUT2D eigenvalue weighted by atomic mass is 9.91. The lowest BCUT2D eigenvalue weighted by Crippen LogP contribution is -2.36. The highest BCUT2D eigenvalue weighted by Crippen LogP contribution is 2.35. The zero-order valence-corrected chi connectivity index (χ0v) is 9.79. The van der Waals surface area contributed by atoms with Crippen LogP contribution in [0.1, 0.15) is 44.9 Å². The second kappa shape index (κ2) is 4.27. The van der Waals surface area contributed by atoms with Crippen molar-refractivity contribution >= 4 is 22.9 Å². The second-order valence-corrected chi connectivity index (χ2v) is 5.47. The van der Waals surface area contributed by atoms with Crippen LogP contribution in [0.25, 0.3) is 0 Å². The Hall–Kier alpha value is 0.690. The van der Waals surface area contributed by atoms with Gasteiger partial charge >= 0.3 is 0 Å². The van der Waals surface area contributed by atoms with Crippen molar-refractivity contribution in [2.45, 2.75) is 51.0 Å². The summed E-state index contributed by atoms with van der Waals surface area (Å²) in [5, 5.41) is 0. The maximum Gasteiger partial charge on any atom is 0.0222 e. The van der Waals surface area contributed by atoms with Gasteiger partial charge in [-0.25, -0.2) is 3.11 Å². The minimum Gasteiger partial charge on any atom is -0.244 e. The maximum atomic E-state index is 2.58. The molecule has 1 aliphatic carbocycles. The van der Waals surface area contributed by atoms with Crippen molar-refractivity contribution in [2.75, 3.05) is 6.54 Å². The van der Waals surface area contributed by atoms with E-state index >= 15 is 0 Å². The average molecular weight is 279 g/mol. The molecule has 0 aromatic heterocycles. The van der Waals surface area contributed by atoms with E-state index < -0.39 is 0 Å². The van der Waals surface area contributed by atoms with Crippen LogP contribution in [0.4, 0.5) is 0 Å². The molecule has 12 heavy (non-hydrogen) atoms. The molecule has 0 amide bonds. The van der Waals surface area contributed by atoms with E-state index in [1.807, 2.05) is 0 Å². The van der Waals surface area contributed by atoms with Crippen molar-refractivity contribution < 1.29 is 0 Å². The summed E-state index contributed by atoms with van der Waals surface area (Å²) in [6.45, 7) is 1.34. The van der Waals surface area contributed by atoms with Gasteiger partial charge in [-0.3, -0.25) is 0 Å². The van der Waals surface area contributed by atoms with Crippen LogP contribution < -0.4 is 0 Å². The molecule has 2 rings (SSSR count). The normalized spacial score (nSPS) is 34.2. The number of hydrogen-bond acceptors (Lipinski definition) is 1. The van der Waals surface area contributed by atoms with Crippen molar-refractivity contribution in [2.24, 2.45) is 5.92 Å². The van der Waals surface area contributed by atoms with Crippen molar-refractivity contribution in [3.8, 4) is 0 Å². The Morgan fingerprint density at radius 1 is 0.917 bits per heavy atom. The van der Waals surface area contributed by atoms with Gasteiger partial charge in [0.1, 0.15) is 0 Å². The van der Waals surface area contributed by atoms with Crippen molar-refractivity contribution in [3.63, 3.8) is 0 Å². The molecule has 0 radical (unpaired) electrons. The third-order valence-electron chi connectivity index (χ3n) is 3.43. The van der Waals surface area contributed by atoms with Gasteiger partial charge in [-0.05, 0) is 31.6 Å². The molecule has 0 aromatic carbocycles. The van der Waals surface area contributed by atoms with Gasteiger partial charge in [0.05, 0.1) is 0 Å². The molecule has 1 unspecified atom stereocenters. The Balaban J connectivity index is 1.91. The van der Waals surface area contributed by atoms with Crippen LogP contribution in [-0.4, -0.2) is 15.7 Å². The van der Waals surface area contributed by atoms with Gasteiger partial charge in [0.2, 0.25) is 0 Å². The molecule has 1 nitrogen and oxygen atoms in total. The van der Waals surface area contributed by atoms with E-state index in [0.29, 0.717) is 0 Å². The molecule has 0 bridgehead atoms. The molecule has 0 N–H and O–H groups in total. The summed E-state index contributed by atoms with van der Waals surface area (Å²) < 4.78 is 2.58. The fourth-order valence-electron chi connectivity index (χ4n) is 2.73. The fourth-order valence-corrected chi connectivity index (χ4v) is 3.80. The Kier molecular flexibility index (Phi) is 3.29. The number of nitrogens with zero attached hydrogens (tertiary/aromatic N) is 1. The summed E-state index contributed by atoms with van der Waals surface area (Å²) >= 11 is 2.54. The minimum atomic E-state index is 0.932. The average Bonchev–Trinajstić information content (AvgIpc) is 2.57. The van der Waals surface area contributed by atoms with Crippen LogP contribution in [-0.2, 0) is 0 Å². The lowest BCUT2D eigenvalue weighted by molar-refractivity contribution is 0.219. The van der Waals surface area contributed by atoms with Gasteiger partial charge in [0, 0.05) is 35.5 Å². The zero-order chi connectivity index (χ0) is 8.39. The molecule has 2 heteroatoms. The summed E-state index contributed by atoms with van der Waals surface area (Å²) in [7, 11) is 0. The minimum absolute atomic E-state index is 0.932. The van der Waals surface area contributed by atoms with Gasteiger partial charge in [0.25, 0.3) is 0 Å². The largest absolute Gasteiger partial charge is 0.244 e. The maximum absolute atomic E-state index is 2.58. The first-order valence-electron chi connectivity index (χ1n) is 5.30. The van der Waals surface area contributed by atoms with Gasteiger partial charge in [-0.2, -0.15) is 0 Å². The van der Waals surface area contributed by atoms with Gasteiger partial charge < -0.3 is 0 Å². The van der Waals surface area contributed by atoms with Crippen molar-refractivity contribution in [1.29, 1.82) is 0 Å². The van der Waals surface area contributed by atoms with Crippen LogP contribution in [0.2, 0.25) is 0 Å². The zero-order valence-electron chi connectivity index (χ0n) is 7.64. The molecule has 0 spiro atoms. The topological polar surface area (TPSA) is 3.24 Å². The summed E-state index contributed by atoms with van der Waals surface area (Å²) in [5.74, 6) is 1.04. The molecule has 1 atom stereocenters. The Labute approximate surface area is 89.4 Å². The van der Waals surface area contributed by atoms with E-state index in [0.717, 1.165) is 12.0 Å². The number of hydrogen-bond donors (Lipinski definition) is 0. The molecule has 1 aliphatic heterocycles. The van der Waals surface area contributed by atoms with E-state index in [4.69, 9.17) is 0 Å². The predicted molar refractivity (Wildman–Crippen MR) is 60.3 cm³/mol. The highest BCUT2D eigenvalue weighted by molar-refractivity contribution is 14.1. The number of rotatable bonds is 1. The molecule has 1 heterocycles. The lowest BCUT2D eigenvalue weighted by Gasteiger charge is -2.34.